The number of nitrogens with two attached hydrogens (primary N) is 4. The maximum Gasteiger partial charge on any atom is 0.137 e. The van der Waals surface area contributed by atoms with Crippen LogP contribution in [0.15, 0.2) is 135 Å². The van der Waals surface area contributed by atoms with Crippen molar-refractivity contribution in [3.8, 4) is 0 Å². The van der Waals surface area contributed by atoms with E-state index in [1.54, 1.807) is 12.2 Å². The molecule has 0 aromatic heterocycles. The van der Waals surface area contributed by atoms with E-state index in [9.17, 15) is 0 Å². The first-order valence-corrected chi connectivity index (χ1v) is 15.6. The molecule has 0 amide bonds. The largest absolute Gasteiger partial charge is 0.387 e. The van der Waals surface area contributed by atoms with Crippen LogP contribution < -0.4 is 22.9 Å². The van der Waals surface area contributed by atoms with Gasteiger partial charge in [-0.1, -0.05) is 24.3 Å². The van der Waals surface area contributed by atoms with Gasteiger partial charge in [0.2, 0.25) is 0 Å². The maximum absolute atomic E-state index is 7.53. The minimum Gasteiger partial charge on any atom is -0.387 e. The first kappa shape index (κ1) is 31.7. The Labute approximate surface area is 285 Å². The molecule has 4 aliphatic carbocycles. The third-order valence-electron chi connectivity index (χ3n) is 8.34. The van der Waals surface area contributed by atoms with Gasteiger partial charge in [0.15, 0.2) is 0 Å². The van der Waals surface area contributed by atoms with Gasteiger partial charge < -0.3 is 22.9 Å². The second kappa shape index (κ2) is 12.6. The Morgan fingerprint density at radius 2 is 0.880 bits per heavy atom. The van der Waals surface area contributed by atoms with Gasteiger partial charge in [-0.05, 0) is 60.4 Å². The highest BCUT2D eigenvalue weighted by molar-refractivity contribution is 6.28. The van der Waals surface area contributed by atoms with Gasteiger partial charge in [-0.3, -0.25) is 21.6 Å². The van der Waals surface area contributed by atoms with Gasteiger partial charge in [-0.15, -0.1) is 0 Å². The molecule has 0 aromatic carbocycles. The molecule has 2 atom stereocenters. The quantitative estimate of drug-likeness (QED) is 0.143. The Balaban J connectivity index is 0.000000157. The number of nitrogens with one attached hydrogen (secondary N) is 4. The summed E-state index contributed by atoms with van der Waals surface area (Å²) >= 11 is 0. The van der Waals surface area contributed by atoms with E-state index < -0.39 is 0 Å². The van der Waals surface area contributed by atoms with Crippen LogP contribution in [0.5, 0.6) is 0 Å². The SMILES string of the molecule is N=C(N)C1=CC2=NC(CC3=NC4=CC(C(=N)N)C=CC4=N3)=NC2=CC1.N=C(N)C1=CC2=NC(CC3=NC4=CC(C(=N)N)C=CC4=N3)=NC2=CC1. The zero-order valence-electron chi connectivity index (χ0n) is 26.6. The molecule has 0 bridgehead atoms. The van der Waals surface area contributed by atoms with E-state index in [1.807, 2.05) is 48.6 Å². The summed E-state index contributed by atoms with van der Waals surface area (Å²) in [6.45, 7) is 0. The highest BCUT2D eigenvalue weighted by Gasteiger charge is 2.26. The third kappa shape index (κ3) is 6.49. The molecule has 16 nitrogen and oxygen atoms in total. The van der Waals surface area contributed by atoms with Gasteiger partial charge in [0, 0.05) is 0 Å². The molecule has 0 saturated heterocycles. The molecule has 2 unspecified atom stereocenters. The van der Waals surface area contributed by atoms with Crippen LogP contribution in [-0.2, 0) is 0 Å². The molecule has 0 saturated carbocycles. The Hall–Kier alpha value is -6.84. The van der Waals surface area contributed by atoms with Crippen LogP contribution in [0.4, 0.5) is 0 Å². The predicted molar refractivity (Wildman–Crippen MR) is 199 cm³/mol. The monoisotopic (exact) mass is 664 g/mol. The summed E-state index contributed by atoms with van der Waals surface area (Å²) in [6.07, 6.45) is 20.5. The Morgan fingerprint density at radius 3 is 1.24 bits per heavy atom. The van der Waals surface area contributed by atoms with Crippen LogP contribution in [0.2, 0.25) is 0 Å². The minimum atomic E-state index is -0.232. The van der Waals surface area contributed by atoms with Crippen molar-refractivity contribution < 1.29 is 0 Å². The summed E-state index contributed by atoms with van der Waals surface area (Å²) < 4.78 is 0. The normalized spacial score (nSPS) is 23.4. The van der Waals surface area contributed by atoms with Crippen LogP contribution in [0.3, 0.4) is 0 Å². The lowest BCUT2D eigenvalue weighted by Gasteiger charge is -2.10. The fourth-order valence-electron chi connectivity index (χ4n) is 5.74. The summed E-state index contributed by atoms with van der Waals surface area (Å²) in [5, 5.41) is 30.1. The van der Waals surface area contributed by atoms with Crippen LogP contribution >= 0.6 is 0 Å². The van der Waals surface area contributed by atoms with E-state index in [4.69, 9.17) is 44.6 Å². The number of amidine groups is 8. The molecule has 8 aliphatic rings. The number of nitrogens with zero attached hydrogens (tertiary/aromatic N) is 8. The van der Waals surface area contributed by atoms with Crippen LogP contribution in [-0.4, -0.2) is 69.5 Å². The van der Waals surface area contributed by atoms with Crippen LogP contribution in [0, 0.1) is 33.5 Å². The second-order valence-corrected chi connectivity index (χ2v) is 12.0. The molecule has 0 fully saturated rings. The van der Waals surface area contributed by atoms with Gasteiger partial charge in [-0.25, -0.2) is 39.9 Å². The molecule has 4 aliphatic heterocycles. The van der Waals surface area contributed by atoms with Crippen molar-refractivity contribution in [2.45, 2.75) is 25.7 Å². The van der Waals surface area contributed by atoms with Crippen molar-refractivity contribution in [2.75, 3.05) is 0 Å². The highest BCUT2D eigenvalue weighted by Crippen LogP contribution is 2.27. The lowest BCUT2D eigenvalue weighted by atomic mass is 9.99. The smallest absolute Gasteiger partial charge is 0.137 e. The predicted octanol–water partition coefficient (Wildman–Crippen LogP) is 2.48. The summed E-state index contributed by atoms with van der Waals surface area (Å²) in [6, 6.07) is 0. The van der Waals surface area contributed by atoms with Crippen molar-refractivity contribution in [1.82, 2.24) is 0 Å². The number of hydrogen-bond donors (Lipinski definition) is 8. The average Bonchev–Trinajstić information content (AvgIpc) is 3.86. The van der Waals surface area contributed by atoms with E-state index in [-0.39, 0.29) is 35.2 Å². The molecule has 12 N–H and O–H groups in total. The van der Waals surface area contributed by atoms with Gasteiger partial charge in [-0.2, -0.15) is 0 Å². The Morgan fingerprint density at radius 1 is 0.520 bits per heavy atom. The highest BCUT2D eigenvalue weighted by atomic mass is 15.1. The molecule has 8 rings (SSSR count). The second-order valence-electron chi connectivity index (χ2n) is 12.0. The van der Waals surface area contributed by atoms with E-state index in [2.05, 4.69) is 39.9 Å². The zero-order valence-corrected chi connectivity index (χ0v) is 26.6. The van der Waals surface area contributed by atoms with Crippen LogP contribution in [0.1, 0.15) is 25.7 Å². The van der Waals surface area contributed by atoms with Crippen molar-refractivity contribution in [2.24, 2.45) is 74.7 Å². The van der Waals surface area contributed by atoms with Crippen molar-refractivity contribution in [3.63, 3.8) is 0 Å². The molecular weight excluding hydrogens is 632 g/mol. The number of hydrogen-bond acceptors (Lipinski definition) is 12. The topological polar surface area (TPSA) is 298 Å². The summed E-state index contributed by atoms with van der Waals surface area (Å²) in [5.74, 6) is 2.36. The van der Waals surface area contributed by atoms with E-state index >= 15 is 0 Å². The van der Waals surface area contributed by atoms with E-state index in [0.29, 0.717) is 49.0 Å². The van der Waals surface area contributed by atoms with Crippen molar-refractivity contribution in [1.29, 1.82) is 21.6 Å². The molecular formula is C34H32N16. The zero-order chi connectivity index (χ0) is 35.1. The van der Waals surface area contributed by atoms with E-state index in [0.717, 1.165) is 56.8 Å². The fraction of sp³-hybridized carbons (Fsp3) is 0.176. The molecule has 4 heterocycles. The first-order chi connectivity index (χ1) is 24.0. The standard InChI is InChI=1S/2C17H16N8/c2*18-16(19)8-1-3-10-12(5-8)24-14(22-10)7-15-23-11-4-2-9(17(20)21)6-13(11)25-15/h2*1,3-6,8H,2,7H2,(H3,18,19)(H3,20,21). The number of aliphatic imine (C=N–C) groups is 8. The Kier molecular flexibility index (Phi) is 8.03. The van der Waals surface area contributed by atoms with Crippen molar-refractivity contribution in [3.05, 3.63) is 94.7 Å². The molecule has 248 valence electrons. The van der Waals surface area contributed by atoms with Crippen LogP contribution in [0.25, 0.3) is 0 Å². The average molecular weight is 665 g/mol. The van der Waals surface area contributed by atoms with Gasteiger partial charge in [0.25, 0.3) is 0 Å². The molecule has 16 heteroatoms. The summed E-state index contributed by atoms with van der Waals surface area (Å²) in [5.41, 5.74) is 29.7. The summed E-state index contributed by atoms with van der Waals surface area (Å²) in [4.78, 5) is 36.0. The number of rotatable bonds is 8. The third-order valence-corrected chi connectivity index (χ3v) is 8.34. The number of allylic oxidation sites excluding steroid dienone is 6. The van der Waals surface area contributed by atoms with Gasteiger partial charge in [0.05, 0.1) is 70.3 Å². The first-order valence-electron chi connectivity index (χ1n) is 15.6. The molecule has 0 radical (unpaired) electrons. The minimum absolute atomic E-state index is 0.0563. The maximum atomic E-state index is 7.53. The number of fused-ring (bicyclic) bond motifs is 4. The Bertz CT molecular complexity index is 2050. The molecule has 50 heavy (non-hydrogen) atoms. The summed E-state index contributed by atoms with van der Waals surface area (Å²) in [7, 11) is 0. The van der Waals surface area contributed by atoms with Gasteiger partial charge in [0.1, 0.15) is 46.7 Å². The lowest BCUT2D eigenvalue weighted by molar-refractivity contribution is 1.06. The molecule has 0 spiro atoms. The van der Waals surface area contributed by atoms with Crippen molar-refractivity contribution >= 4 is 69.5 Å². The molecule has 0 aromatic rings. The van der Waals surface area contributed by atoms with E-state index in [1.165, 1.54) is 0 Å². The fourth-order valence-corrected chi connectivity index (χ4v) is 5.74. The van der Waals surface area contributed by atoms with Gasteiger partial charge >= 0.3 is 0 Å². The lowest BCUT2D eigenvalue weighted by Crippen LogP contribution is -2.21.